The van der Waals surface area contributed by atoms with Gasteiger partial charge in [-0.05, 0) is 56.3 Å². The van der Waals surface area contributed by atoms with Gasteiger partial charge in [0.1, 0.15) is 10.4 Å². The number of ether oxygens (including phenoxy) is 1. The number of methoxy groups -OCH3 is 1. The van der Waals surface area contributed by atoms with Crippen LogP contribution in [0.15, 0.2) is 46.9 Å². The number of halogens is 1. The summed E-state index contributed by atoms with van der Waals surface area (Å²) in [6.45, 7) is 4.39. The fraction of sp³-hybridized carbons (Fsp3) is 0.211. The molecule has 3 aromatic rings. The Bertz CT molecular complexity index is 1020. The van der Waals surface area contributed by atoms with Crippen LogP contribution in [-0.2, 0) is 5.54 Å². The minimum absolute atomic E-state index is 0.174. The minimum Gasteiger partial charge on any atom is -0.497 e. The quantitative estimate of drug-likeness (QED) is 0.476. The molecule has 25 heavy (non-hydrogen) atoms. The van der Waals surface area contributed by atoms with E-state index in [-0.39, 0.29) is 5.54 Å². The first-order chi connectivity index (χ1) is 11.9. The van der Waals surface area contributed by atoms with Crippen LogP contribution in [0.2, 0.25) is 0 Å². The van der Waals surface area contributed by atoms with E-state index >= 15 is 0 Å². The zero-order valence-electron chi connectivity index (χ0n) is 14.1. The van der Waals surface area contributed by atoms with Gasteiger partial charge < -0.3 is 10.1 Å². The molecule has 1 aromatic heterocycles. The maximum absolute atomic E-state index is 5.88. The largest absolute Gasteiger partial charge is 0.497 e. The Morgan fingerprint density at radius 2 is 1.88 bits per heavy atom. The standard InChI is InChI=1S/C19H17BrN2OS2/c1-19(2)17-16(14-10-11(20)4-9-15(14)21-19)18(24)22(25-17)12-5-7-13(23-3)8-6-12/h4-10,21H,1-3H3. The SMILES string of the molecule is COc1ccc(-n2sc3c(c2=S)-c2cc(Br)ccc2NC3(C)C)cc1. The zero-order valence-corrected chi connectivity index (χ0v) is 17.3. The second-order valence-corrected chi connectivity index (χ2v) is 8.79. The van der Waals surface area contributed by atoms with Crippen LogP contribution >= 0.6 is 39.7 Å². The third-order valence-corrected chi connectivity index (χ3v) is 6.85. The molecule has 0 unspecified atom stereocenters. The van der Waals surface area contributed by atoms with Gasteiger partial charge in [0.15, 0.2) is 0 Å². The van der Waals surface area contributed by atoms with Gasteiger partial charge >= 0.3 is 0 Å². The minimum atomic E-state index is -0.174. The van der Waals surface area contributed by atoms with Crippen molar-refractivity contribution in [1.29, 1.82) is 0 Å². The predicted molar refractivity (Wildman–Crippen MR) is 111 cm³/mol. The number of aromatic nitrogens is 1. The highest BCUT2D eigenvalue weighted by Crippen LogP contribution is 2.48. The van der Waals surface area contributed by atoms with Crippen molar-refractivity contribution in [2.24, 2.45) is 0 Å². The van der Waals surface area contributed by atoms with E-state index in [1.165, 1.54) is 4.88 Å². The molecule has 6 heteroatoms. The van der Waals surface area contributed by atoms with Gasteiger partial charge in [-0.15, -0.1) is 0 Å². The molecular formula is C19H17BrN2OS2. The normalized spacial score (nSPS) is 14.4. The van der Waals surface area contributed by atoms with Crippen molar-refractivity contribution >= 4 is 45.4 Å². The average Bonchev–Trinajstić information content (AvgIpc) is 2.94. The topological polar surface area (TPSA) is 26.2 Å². The predicted octanol–water partition coefficient (Wildman–Crippen LogP) is 6.37. The van der Waals surface area contributed by atoms with Gasteiger partial charge in [0.2, 0.25) is 0 Å². The molecule has 0 saturated heterocycles. The summed E-state index contributed by atoms with van der Waals surface area (Å²) < 4.78 is 9.28. The van der Waals surface area contributed by atoms with Gasteiger partial charge in [0, 0.05) is 21.3 Å². The fourth-order valence-corrected chi connectivity index (χ4v) is 5.17. The summed E-state index contributed by atoms with van der Waals surface area (Å²) in [6, 6.07) is 14.3. The van der Waals surface area contributed by atoms with Gasteiger partial charge in [0.05, 0.1) is 23.2 Å². The number of rotatable bonds is 2. The number of anilines is 1. The Labute approximate surface area is 164 Å². The first-order valence-electron chi connectivity index (χ1n) is 7.90. The van der Waals surface area contributed by atoms with Crippen molar-refractivity contribution < 1.29 is 4.74 Å². The van der Waals surface area contributed by atoms with Crippen molar-refractivity contribution in [3.63, 3.8) is 0 Å². The lowest BCUT2D eigenvalue weighted by Crippen LogP contribution is -2.30. The Kier molecular flexibility index (Phi) is 4.02. The Morgan fingerprint density at radius 1 is 1.16 bits per heavy atom. The number of hydrogen-bond acceptors (Lipinski definition) is 4. The number of hydrogen-bond donors (Lipinski definition) is 1. The van der Waals surface area contributed by atoms with Crippen LogP contribution < -0.4 is 10.1 Å². The molecule has 2 heterocycles. The Hall–Kier alpha value is -1.63. The summed E-state index contributed by atoms with van der Waals surface area (Å²) in [5.41, 5.74) is 4.30. The third-order valence-electron chi connectivity index (χ3n) is 4.38. The number of nitrogens with zero attached hydrogens (tertiary/aromatic N) is 1. The van der Waals surface area contributed by atoms with E-state index in [4.69, 9.17) is 17.0 Å². The zero-order chi connectivity index (χ0) is 17.8. The molecule has 0 fully saturated rings. The molecule has 0 aliphatic carbocycles. The molecule has 1 aliphatic heterocycles. The van der Waals surface area contributed by atoms with Crippen LogP contribution in [0.1, 0.15) is 18.7 Å². The van der Waals surface area contributed by atoms with E-state index in [9.17, 15) is 0 Å². The summed E-state index contributed by atoms with van der Waals surface area (Å²) in [7, 11) is 1.67. The molecular weight excluding hydrogens is 416 g/mol. The number of fused-ring (bicyclic) bond motifs is 3. The maximum Gasteiger partial charge on any atom is 0.129 e. The van der Waals surface area contributed by atoms with Crippen LogP contribution in [-0.4, -0.2) is 11.1 Å². The first-order valence-corrected chi connectivity index (χ1v) is 9.87. The van der Waals surface area contributed by atoms with E-state index in [0.717, 1.165) is 37.4 Å². The lowest BCUT2D eigenvalue weighted by molar-refractivity contribution is 0.415. The lowest BCUT2D eigenvalue weighted by Gasteiger charge is -2.33. The summed E-state index contributed by atoms with van der Waals surface area (Å²) in [4.78, 5) is 1.25. The smallest absolute Gasteiger partial charge is 0.129 e. The molecule has 0 amide bonds. The molecule has 2 aromatic carbocycles. The second-order valence-electron chi connectivity index (χ2n) is 6.53. The van der Waals surface area contributed by atoms with Crippen LogP contribution in [0.5, 0.6) is 5.75 Å². The van der Waals surface area contributed by atoms with E-state index in [2.05, 4.69) is 57.2 Å². The third kappa shape index (κ3) is 2.72. The van der Waals surface area contributed by atoms with Gasteiger partial charge in [0.25, 0.3) is 0 Å². The maximum atomic E-state index is 5.88. The monoisotopic (exact) mass is 432 g/mol. The lowest BCUT2D eigenvalue weighted by atomic mass is 9.90. The van der Waals surface area contributed by atoms with Gasteiger partial charge in [-0.2, -0.15) is 0 Å². The first kappa shape index (κ1) is 16.8. The van der Waals surface area contributed by atoms with Crippen LogP contribution in [0.25, 0.3) is 16.8 Å². The molecule has 3 nitrogen and oxygen atoms in total. The van der Waals surface area contributed by atoms with Crippen LogP contribution in [0, 0.1) is 4.64 Å². The molecule has 128 valence electrons. The molecule has 0 radical (unpaired) electrons. The Balaban J connectivity index is 1.96. The van der Waals surface area contributed by atoms with Crippen LogP contribution in [0.4, 0.5) is 5.69 Å². The van der Waals surface area contributed by atoms with E-state index in [1.54, 1.807) is 18.6 Å². The van der Waals surface area contributed by atoms with Crippen molar-refractivity contribution in [3.05, 3.63) is 56.5 Å². The van der Waals surface area contributed by atoms with E-state index in [1.807, 2.05) is 24.3 Å². The molecule has 1 N–H and O–H groups in total. The highest BCUT2D eigenvalue weighted by Gasteiger charge is 2.34. The van der Waals surface area contributed by atoms with Crippen molar-refractivity contribution in [1.82, 2.24) is 3.96 Å². The van der Waals surface area contributed by atoms with Crippen molar-refractivity contribution in [3.8, 4) is 22.6 Å². The van der Waals surface area contributed by atoms with Gasteiger partial charge in [-0.25, -0.2) is 0 Å². The second kappa shape index (κ2) is 5.97. The molecule has 4 rings (SSSR count). The highest BCUT2D eigenvalue weighted by molar-refractivity contribution is 9.10. The summed E-state index contributed by atoms with van der Waals surface area (Å²) >= 11 is 11.2. The van der Waals surface area contributed by atoms with Crippen LogP contribution in [0.3, 0.4) is 0 Å². The van der Waals surface area contributed by atoms with Crippen molar-refractivity contribution in [2.75, 3.05) is 12.4 Å². The summed E-state index contributed by atoms with van der Waals surface area (Å²) in [6.07, 6.45) is 0. The molecule has 0 bridgehead atoms. The highest BCUT2D eigenvalue weighted by atomic mass is 79.9. The Morgan fingerprint density at radius 3 is 2.56 bits per heavy atom. The summed E-state index contributed by atoms with van der Waals surface area (Å²) in [5.74, 6) is 0.841. The van der Waals surface area contributed by atoms with Gasteiger partial charge in [-0.3, -0.25) is 3.96 Å². The van der Waals surface area contributed by atoms with Gasteiger partial charge in [-0.1, -0.05) is 39.7 Å². The summed E-state index contributed by atoms with van der Waals surface area (Å²) in [5, 5.41) is 3.64. The van der Waals surface area contributed by atoms with Crippen molar-refractivity contribution in [2.45, 2.75) is 19.4 Å². The number of nitrogens with one attached hydrogen (secondary N) is 1. The fourth-order valence-electron chi connectivity index (χ4n) is 3.15. The molecule has 0 saturated carbocycles. The van der Waals surface area contributed by atoms with E-state index in [0.29, 0.717) is 0 Å². The van der Waals surface area contributed by atoms with E-state index < -0.39 is 0 Å². The molecule has 0 atom stereocenters. The average molecular weight is 433 g/mol. The number of benzene rings is 2. The molecule has 1 aliphatic rings. The molecule has 0 spiro atoms.